The van der Waals surface area contributed by atoms with E-state index in [1.54, 1.807) is 0 Å². The second-order valence-corrected chi connectivity index (χ2v) is 7.55. The van der Waals surface area contributed by atoms with E-state index in [0.717, 1.165) is 11.1 Å². The molecule has 0 aromatic heterocycles. The molecule has 2 amide bonds. The van der Waals surface area contributed by atoms with Crippen molar-refractivity contribution in [3.63, 3.8) is 0 Å². The Hall–Kier alpha value is -3.95. The molecule has 10 heteroatoms. The highest BCUT2D eigenvalue weighted by molar-refractivity contribution is 6.00. The number of esters is 1. The van der Waals surface area contributed by atoms with Gasteiger partial charge >= 0.3 is 5.97 Å². The molecule has 1 aliphatic heterocycles. The first-order valence-electron chi connectivity index (χ1n) is 9.85. The maximum absolute atomic E-state index is 12.4. The fourth-order valence-corrected chi connectivity index (χ4v) is 3.56. The van der Waals surface area contributed by atoms with Crippen LogP contribution in [0.4, 0.5) is 17.1 Å². The molecule has 10 nitrogen and oxygen atoms in total. The topological polar surface area (TPSA) is 128 Å². The molecule has 2 aromatic carbocycles. The molecular weight excluding hydrogens is 418 g/mol. The third-order valence-corrected chi connectivity index (χ3v) is 5.00. The van der Waals surface area contributed by atoms with E-state index in [-0.39, 0.29) is 30.2 Å². The molecule has 1 fully saturated rings. The van der Waals surface area contributed by atoms with Gasteiger partial charge in [0.1, 0.15) is 11.4 Å². The first-order chi connectivity index (χ1) is 15.2. The molecule has 1 atom stereocenters. The number of hydrogen-bond donors (Lipinski definition) is 1. The summed E-state index contributed by atoms with van der Waals surface area (Å²) in [6, 6.07) is 9.62. The number of carbonyl (C=O) groups is 3. The van der Waals surface area contributed by atoms with Crippen LogP contribution in [0.1, 0.15) is 17.5 Å². The van der Waals surface area contributed by atoms with Gasteiger partial charge in [0, 0.05) is 30.8 Å². The Labute approximate surface area is 184 Å². The van der Waals surface area contributed by atoms with Gasteiger partial charge in [-0.05, 0) is 43.2 Å². The second kappa shape index (κ2) is 9.46. The Morgan fingerprint density at radius 2 is 1.88 bits per heavy atom. The van der Waals surface area contributed by atoms with Crippen molar-refractivity contribution in [2.24, 2.45) is 5.92 Å². The zero-order chi connectivity index (χ0) is 23.4. The van der Waals surface area contributed by atoms with Gasteiger partial charge in [-0.2, -0.15) is 0 Å². The molecule has 32 heavy (non-hydrogen) atoms. The highest BCUT2D eigenvalue weighted by atomic mass is 16.6. The molecule has 2 aromatic rings. The van der Waals surface area contributed by atoms with Crippen LogP contribution in [-0.4, -0.2) is 43.0 Å². The number of carbonyl (C=O) groups excluding carboxylic acids is 3. The molecule has 0 aliphatic carbocycles. The number of methoxy groups -OCH3 is 1. The number of hydrogen-bond acceptors (Lipinski definition) is 7. The van der Waals surface area contributed by atoms with Crippen molar-refractivity contribution in [2.75, 3.05) is 30.5 Å². The third kappa shape index (κ3) is 5.20. The number of ether oxygens (including phenoxy) is 2. The van der Waals surface area contributed by atoms with Gasteiger partial charge in [0.05, 0.1) is 18.0 Å². The number of aryl methyl sites for hydroxylation is 2. The Morgan fingerprint density at radius 3 is 2.50 bits per heavy atom. The number of nitrogens with one attached hydrogen (secondary N) is 1. The van der Waals surface area contributed by atoms with Gasteiger partial charge in [-0.1, -0.05) is 6.07 Å². The van der Waals surface area contributed by atoms with Crippen molar-refractivity contribution in [2.45, 2.75) is 20.3 Å². The summed E-state index contributed by atoms with van der Waals surface area (Å²) in [5, 5.41) is 13.5. The van der Waals surface area contributed by atoms with Crippen LogP contribution in [0.2, 0.25) is 0 Å². The number of nitro benzene ring substituents is 1. The lowest BCUT2D eigenvalue weighted by atomic mass is 10.1. The van der Waals surface area contributed by atoms with Crippen LogP contribution in [0.3, 0.4) is 0 Å². The average Bonchev–Trinajstić information content (AvgIpc) is 3.12. The Balaban J connectivity index is 1.60. The third-order valence-electron chi connectivity index (χ3n) is 5.00. The minimum Gasteiger partial charge on any atom is -0.497 e. The highest BCUT2D eigenvalue weighted by Crippen LogP contribution is 2.29. The molecule has 1 heterocycles. The molecule has 0 saturated carbocycles. The maximum atomic E-state index is 12.4. The monoisotopic (exact) mass is 441 g/mol. The normalized spacial score (nSPS) is 15.4. The summed E-state index contributed by atoms with van der Waals surface area (Å²) in [6.07, 6.45) is -0.0190. The Kier molecular flexibility index (Phi) is 6.72. The summed E-state index contributed by atoms with van der Waals surface area (Å²) >= 11 is 0. The van der Waals surface area contributed by atoms with Gasteiger partial charge in [0.15, 0.2) is 6.61 Å². The fraction of sp³-hybridized carbons (Fsp3) is 0.318. The van der Waals surface area contributed by atoms with Crippen LogP contribution < -0.4 is 15.0 Å². The largest absolute Gasteiger partial charge is 0.497 e. The van der Waals surface area contributed by atoms with Crippen LogP contribution >= 0.6 is 0 Å². The van der Waals surface area contributed by atoms with Crippen molar-refractivity contribution in [3.05, 3.63) is 57.6 Å². The van der Waals surface area contributed by atoms with Gasteiger partial charge in [0.2, 0.25) is 5.91 Å². The number of anilines is 2. The smallest absolute Gasteiger partial charge is 0.311 e. The van der Waals surface area contributed by atoms with E-state index < -0.39 is 29.3 Å². The van der Waals surface area contributed by atoms with Crippen molar-refractivity contribution in [3.8, 4) is 5.75 Å². The van der Waals surface area contributed by atoms with Crippen molar-refractivity contribution >= 4 is 34.8 Å². The van der Waals surface area contributed by atoms with E-state index in [0.29, 0.717) is 11.4 Å². The van der Waals surface area contributed by atoms with E-state index >= 15 is 0 Å². The van der Waals surface area contributed by atoms with Gasteiger partial charge in [-0.3, -0.25) is 24.5 Å². The number of amides is 2. The van der Waals surface area contributed by atoms with Crippen molar-refractivity contribution in [1.29, 1.82) is 0 Å². The van der Waals surface area contributed by atoms with Gasteiger partial charge in [-0.15, -0.1) is 0 Å². The van der Waals surface area contributed by atoms with E-state index in [4.69, 9.17) is 9.47 Å². The highest BCUT2D eigenvalue weighted by Gasteiger charge is 2.36. The SMILES string of the molecule is COc1ccc([N+](=O)[O-])c(NC(=O)COC(=O)[C@H]2CC(=O)N(c3cc(C)cc(C)c3)C2)c1. The van der Waals surface area contributed by atoms with Crippen LogP contribution in [0, 0.1) is 29.9 Å². The molecule has 1 N–H and O–H groups in total. The second-order valence-electron chi connectivity index (χ2n) is 7.55. The van der Waals surface area contributed by atoms with E-state index in [9.17, 15) is 24.5 Å². The van der Waals surface area contributed by atoms with Gasteiger partial charge in [0.25, 0.3) is 11.6 Å². The minimum absolute atomic E-state index is 0.0190. The molecule has 0 bridgehead atoms. The molecule has 0 radical (unpaired) electrons. The van der Waals surface area contributed by atoms with Crippen molar-refractivity contribution < 1.29 is 28.8 Å². The quantitative estimate of drug-likeness (QED) is 0.397. The van der Waals surface area contributed by atoms with Crippen LogP contribution in [0.5, 0.6) is 5.75 Å². The Bertz CT molecular complexity index is 1060. The molecule has 168 valence electrons. The molecule has 3 rings (SSSR count). The van der Waals surface area contributed by atoms with Gasteiger partial charge < -0.3 is 19.7 Å². The van der Waals surface area contributed by atoms with Crippen LogP contribution in [-0.2, 0) is 19.1 Å². The van der Waals surface area contributed by atoms with Gasteiger partial charge in [-0.25, -0.2) is 0 Å². The molecule has 1 aliphatic rings. The molecule has 0 unspecified atom stereocenters. The summed E-state index contributed by atoms with van der Waals surface area (Å²) < 4.78 is 10.1. The predicted molar refractivity (Wildman–Crippen MR) is 116 cm³/mol. The standard InChI is InChI=1S/C22H23N3O7/c1-13-6-14(2)8-16(7-13)24-11-15(9-21(24)27)22(28)32-12-20(26)23-18-10-17(31-3)4-5-19(18)25(29)30/h4-8,10,15H,9,11-12H2,1-3H3,(H,23,26)/t15-/m0/s1. The maximum Gasteiger partial charge on any atom is 0.311 e. The predicted octanol–water partition coefficient (Wildman–Crippen LogP) is 2.76. The van der Waals surface area contributed by atoms with E-state index in [1.807, 2.05) is 32.0 Å². The summed E-state index contributed by atoms with van der Waals surface area (Å²) in [5.41, 5.74) is 2.32. The fourth-order valence-electron chi connectivity index (χ4n) is 3.56. The minimum atomic E-state index is -0.745. The van der Waals surface area contributed by atoms with Crippen LogP contribution in [0.15, 0.2) is 36.4 Å². The molecule has 0 spiro atoms. The lowest BCUT2D eigenvalue weighted by Gasteiger charge is -2.18. The summed E-state index contributed by atoms with van der Waals surface area (Å²) in [6.45, 7) is 3.37. The van der Waals surface area contributed by atoms with E-state index in [2.05, 4.69) is 5.32 Å². The number of nitro groups is 1. The number of rotatable bonds is 7. The Morgan fingerprint density at radius 1 is 1.19 bits per heavy atom. The first kappa shape index (κ1) is 22.7. The summed E-state index contributed by atoms with van der Waals surface area (Å²) in [5.74, 6) is -2.01. The zero-order valence-electron chi connectivity index (χ0n) is 17.9. The molecular formula is C22H23N3O7. The van der Waals surface area contributed by atoms with Crippen molar-refractivity contribution in [1.82, 2.24) is 0 Å². The summed E-state index contributed by atoms with van der Waals surface area (Å²) in [7, 11) is 1.39. The first-order valence-corrected chi connectivity index (χ1v) is 9.85. The average molecular weight is 441 g/mol. The number of benzene rings is 2. The number of nitrogens with zero attached hydrogens (tertiary/aromatic N) is 2. The summed E-state index contributed by atoms with van der Waals surface area (Å²) in [4.78, 5) is 49.1. The lowest BCUT2D eigenvalue weighted by molar-refractivity contribution is -0.383. The zero-order valence-corrected chi connectivity index (χ0v) is 17.9. The molecule has 1 saturated heterocycles. The van der Waals surface area contributed by atoms with Crippen LogP contribution in [0.25, 0.3) is 0 Å². The lowest BCUT2D eigenvalue weighted by Crippen LogP contribution is -2.28. The van der Waals surface area contributed by atoms with E-state index in [1.165, 1.54) is 30.2 Å².